The molecule has 1 aromatic heterocycles. The molecule has 7 nitrogen and oxygen atoms in total. The highest BCUT2D eigenvalue weighted by molar-refractivity contribution is 5.95. The van der Waals surface area contributed by atoms with Crippen LogP contribution in [0.5, 0.6) is 0 Å². The molecule has 0 bridgehead atoms. The Labute approximate surface area is 146 Å². The number of hydrogen-bond donors (Lipinski definition) is 0. The molecule has 0 aliphatic carbocycles. The van der Waals surface area contributed by atoms with E-state index in [1.165, 1.54) is 12.3 Å². The number of hydrogen-bond acceptors (Lipinski definition) is 5. The molecule has 2 heterocycles. The van der Waals surface area contributed by atoms with Gasteiger partial charge in [-0.15, -0.1) is 0 Å². The Kier molecular flexibility index (Phi) is 4.65. The second-order valence-corrected chi connectivity index (χ2v) is 6.19. The van der Waals surface area contributed by atoms with Gasteiger partial charge in [-0.2, -0.15) is 0 Å². The maximum atomic E-state index is 12.7. The maximum Gasteiger partial charge on any atom is 0.287 e. The van der Waals surface area contributed by atoms with E-state index < -0.39 is 4.92 Å². The van der Waals surface area contributed by atoms with Gasteiger partial charge in [-0.25, -0.2) is 4.98 Å². The zero-order valence-corrected chi connectivity index (χ0v) is 14.3. The summed E-state index contributed by atoms with van der Waals surface area (Å²) in [6, 6.07) is 9.13. The summed E-state index contributed by atoms with van der Waals surface area (Å²) in [5.74, 6) is 0.791. The SMILES string of the molecule is Cc1ccccc1C(=O)N1CCN(c2ncc([N+](=O)[O-])cc2C)CC1. The van der Waals surface area contributed by atoms with Gasteiger partial charge >= 0.3 is 0 Å². The maximum absolute atomic E-state index is 12.7. The Morgan fingerprint density at radius 2 is 1.80 bits per heavy atom. The Bertz CT molecular complexity index is 814. The van der Waals surface area contributed by atoms with E-state index >= 15 is 0 Å². The van der Waals surface area contributed by atoms with E-state index in [-0.39, 0.29) is 11.6 Å². The van der Waals surface area contributed by atoms with E-state index in [9.17, 15) is 14.9 Å². The van der Waals surface area contributed by atoms with Crippen molar-refractivity contribution in [2.75, 3.05) is 31.1 Å². The van der Waals surface area contributed by atoms with E-state index in [0.29, 0.717) is 26.2 Å². The quantitative estimate of drug-likeness (QED) is 0.634. The summed E-state index contributed by atoms with van der Waals surface area (Å²) < 4.78 is 0. The molecule has 1 aromatic carbocycles. The predicted molar refractivity (Wildman–Crippen MR) is 94.9 cm³/mol. The third-order valence-corrected chi connectivity index (χ3v) is 4.49. The summed E-state index contributed by atoms with van der Waals surface area (Å²) in [5, 5.41) is 10.8. The third kappa shape index (κ3) is 3.45. The Morgan fingerprint density at radius 1 is 1.12 bits per heavy atom. The number of carbonyl (C=O) groups excluding carboxylic acids is 1. The zero-order chi connectivity index (χ0) is 18.0. The van der Waals surface area contributed by atoms with Crippen LogP contribution in [0.2, 0.25) is 0 Å². The molecule has 2 aromatic rings. The molecule has 1 aliphatic rings. The number of rotatable bonds is 3. The third-order valence-electron chi connectivity index (χ3n) is 4.49. The molecule has 1 aliphatic heterocycles. The van der Waals surface area contributed by atoms with Crippen LogP contribution in [0.1, 0.15) is 21.5 Å². The molecule has 3 rings (SSSR count). The minimum atomic E-state index is -0.442. The minimum absolute atomic E-state index is 0.00498. The first-order valence-corrected chi connectivity index (χ1v) is 8.18. The van der Waals surface area contributed by atoms with Crippen molar-refractivity contribution in [3.05, 3.63) is 63.3 Å². The molecule has 1 amide bonds. The van der Waals surface area contributed by atoms with E-state index in [0.717, 1.165) is 22.5 Å². The van der Waals surface area contributed by atoms with Crippen molar-refractivity contribution in [1.82, 2.24) is 9.88 Å². The normalized spacial score (nSPS) is 14.5. The standard InChI is InChI=1S/C18H20N4O3/c1-13-5-3-4-6-16(13)18(23)21-9-7-20(8-10-21)17-14(2)11-15(12-19-17)22(24)25/h3-6,11-12H,7-10H2,1-2H3. The molecule has 1 fully saturated rings. The number of nitrogens with zero attached hydrogens (tertiary/aromatic N) is 4. The molecule has 1 saturated heterocycles. The van der Waals surface area contributed by atoms with Gasteiger partial charge in [-0.05, 0) is 31.0 Å². The number of pyridine rings is 1. The van der Waals surface area contributed by atoms with Crippen LogP contribution < -0.4 is 4.90 Å². The number of amides is 1. The van der Waals surface area contributed by atoms with Crippen LogP contribution in [-0.4, -0.2) is 46.9 Å². The smallest absolute Gasteiger partial charge is 0.287 e. The lowest BCUT2D eigenvalue weighted by Crippen LogP contribution is -2.49. The molecule has 0 N–H and O–H groups in total. The van der Waals surface area contributed by atoms with Crippen LogP contribution in [0, 0.1) is 24.0 Å². The van der Waals surface area contributed by atoms with Gasteiger partial charge in [-0.3, -0.25) is 14.9 Å². The van der Waals surface area contributed by atoms with Crippen molar-refractivity contribution in [3.63, 3.8) is 0 Å². The number of piperazine rings is 1. The summed E-state index contributed by atoms with van der Waals surface area (Å²) in [6.45, 7) is 6.27. The highest BCUT2D eigenvalue weighted by Gasteiger charge is 2.24. The fourth-order valence-corrected chi connectivity index (χ4v) is 3.09. The van der Waals surface area contributed by atoms with Crippen molar-refractivity contribution in [2.24, 2.45) is 0 Å². The minimum Gasteiger partial charge on any atom is -0.353 e. The number of benzene rings is 1. The first-order valence-electron chi connectivity index (χ1n) is 8.18. The number of aromatic nitrogens is 1. The molecule has 130 valence electrons. The van der Waals surface area contributed by atoms with Crippen molar-refractivity contribution in [2.45, 2.75) is 13.8 Å². The molecule has 0 radical (unpaired) electrons. The summed E-state index contributed by atoms with van der Waals surface area (Å²) in [4.78, 5) is 31.2. The van der Waals surface area contributed by atoms with Crippen LogP contribution in [-0.2, 0) is 0 Å². The number of carbonyl (C=O) groups is 1. The molecule has 0 unspecified atom stereocenters. The van der Waals surface area contributed by atoms with E-state index in [2.05, 4.69) is 9.88 Å². The average molecular weight is 340 g/mol. The average Bonchev–Trinajstić information content (AvgIpc) is 2.61. The van der Waals surface area contributed by atoms with Crippen molar-refractivity contribution in [3.8, 4) is 0 Å². The molecule has 7 heteroatoms. The Morgan fingerprint density at radius 3 is 2.40 bits per heavy atom. The van der Waals surface area contributed by atoms with Crippen molar-refractivity contribution >= 4 is 17.4 Å². The topological polar surface area (TPSA) is 79.6 Å². The summed E-state index contributed by atoms with van der Waals surface area (Å²) >= 11 is 0. The Balaban J connectivity index is 1.69. The highest BCUT2D eigenvalue weighted by atomic mass is 16.6. The molecular formula is C18H20N4O3. The van der Waals surface area contributed by atoms with Gasteiger partial charge in [0, 0.05) is 37.8 Å². The van der Waals surface area contributed by atoms with Gasteiger partial charge in [0.15, 0.2) is 0 Å². The number of aryl methyl sites for hydroxylation is 2. The summed E-state index contributed by atoms with van der Waals surface area (Å²) in [5.41, 5.74) is 2.48. The van der Waals surface area contributed by atoms with Gasteiger partial charge in [0.05, 0.1) is 4.92 Å². The first-order chi connectivity index (χ1) is 12.0. The van der Waals surface area contributed by atoms with Crippen LogP contribution in [0.3, 0.4) is 0 Å². The summed E-state index contributed by atoms with van der Waals surface area (Å²) in [6.07, 6.45) is 1.28. The molecule has 0 saturated carbocycles. The van der Waals surface area contributed by atoms with Crippen LogP contribution in [0.4, 0.5) is 11.5 Å². The second kappa shape index (κ2) is 6.88. The Hall–Kier alpha value is -2.96. The monoisotopic (exact) mass is 340 g/mol. The van der Waals surface area contributed by atoms with Crippen molar-refractivity contribution in [1.29, 1.82) is 0 Å². The van der Waals surface area contributed by atoms with E-state index in [1.54, 1.807) is 0 Å². The number of nitro groups is 1. The van der Waals surface area contributed by atoms with Crippen LogP contribution >= 0.6 is 0 Å². The van der Waals surface area contributed by atoms with Crippen LogP contribution in [0.15, 0.2) is 36.5 Å². The second-order valence-electron chi connectivity index (χ2n) is 6.19. The fraction of sp³-hybridized carbons (Fsp3) is 0.333. The fourth-order valence-electron chi connectivity index (χ4n) is 3.09. The van der Waals surface area contributed by atoms with Gasteiger partial charge in [0.25, 0.3) is 11.6 Å². The van der Waals surface area contributed by atoms with Crippen molar-refractivity contribution < 1.29 is 9.72 Å². The van der Waals surface area contributed by atoms with Crippen LogP contribution in [0.25, 0.3) is 0 Å². The lowest BCUT2D eigenvalue weighted by molar-refractivity contribution is -0.385. The lowest BCUT2D eigenvalue weighted by atomic mass is 10.1. The van der Waals surface area contributed by atoms with Gasteiger partial charge < -0.3 is 9.80 Å². The predicted octanol–water partition coefficient (Wildman–Crippen LogP) is 2.57. The lowest BCUT2D eigenvalue weighted by Gasteiger charge is -2.36. The van der Waals surface area contributed by atoms with Gasteiger partial charge in [0.2, 0.25) is 0 Å². The van der Waals surface area contributed by atoms with Gasteiger partial charge in [-0.1, -0.05) is 18.2 Å². The molecule has 0 spiro atoms. The highest BCUT2D eigenvalue weighted by Crippen LogP contribution is 2.23. The zero-order valence-electron chi connectivity index (χ0n) is 14.3. The van der Waals surface area contributed by atoms with E-state index in [4.69, 9.17) is 0 Å². The van der Waals surface area contributed by atoms with E-state index in [1.807, 2.05) is 43.0 Å². The summed E-state index contributed by atoms with van der Waals surface area (Å²) in [7, 11) is 0. The molecule has 0 atom stereocenters. The largest absolute Gasteiger partial charge is 0.353 e. The molecule has 25 heavy (non-hydrogen) atoms. The first kappa shape index (κ1) is 16.9. The van der Waals surface area contributed by atoms with Gasteiger partial charge in [0.1, 0.15) is 12.0 Å². The number of anilines is 1. The molecular weight excluding hydrogens is 320 g/mol.